The topological polar surface area (TPSA) is 54.4 Å². The van der Waals surface area contributed by atoms with Crippen molar-refractivity contribution in [2.24, 2.45) is 5.10 Å². The molecule has 1 N–H and O–H groups in total. The lowest BCUT2D eigenvalue weighted by Gasteiger charge is -2.04. The van der Waals surface area contributed by atoms with Crippen molar-refractivity contribution >= 4 is 34.6 Å². The Morgan fingerprint density at radius 2 is 2.00 bits per heavy atom. The molecule has 0 bridgehead atoms. The number of amides is 1. The molecule has 0 saturated carbocycles. The maximum atomic E-state index is 11.9. The number of hydrogen-bond donors (Lipinski definition) is 1. The van der Waals surface area contributed by atoms with Crippen LogP contribution in [0.5, 0.6) is 0 Å². The molecule has 0 aliphatic rings. The van der Waals surface area contributed by atoms with Crippen LogP contribution in [0, 0.1) is 6.92 Å². The molecule has 24 heavy (non-hydrogen) atoms. The van der Waals surface area contributed by atoms with Crippen LogP contribution in [0.1, 0.15) is 16.7 Å². The first-order valence-corrected chi connectivity index (χ1v) is 7.93. The average molecular weight is 338 g/mol. The number of aromatic nitrogens is 1. The Bertz CT molecular complexity index is 907. The summed E-state index contributed by atoms with van der Waals surface area (Å²) in [5, 5.41) is 5.32. The molecule has 2 aromatic carbocycles. The third-order valence-corrected chi connectivity index (χ3v) is 3.93. The summed E-state index contributed by atoms with van der Waals surface area (Å²) in [6.07, 6.45) is 1.79. The van der Waals surface area contributed by atoms with E-state index < -0.39 is 0 Å². The van der Waals surface area contributed by atoms with Gasteiger partial charge in [-0.1, -0.05) is 60.1 Å². The maximum Gasteiger partial charge on any atom is 0.244 e. The summed E-state index contributed by atoms with van der Waals surface area (Å²) in [4.78, 5) is 16.3. The molecular formula is C19H16ClN3O. The Hall–Kier alpha value is -2.72. The molecule has 0 radical (unpaired) electrons. The minimum Gasteiger partial charge on any atom is -0.273 e. The molecule has 0 saturated heterocycles. The van der Waals surface area contributed by atoms with Crippen molar-refractivity contribution in [1.82, 2.24) is 10.4 Å². The van der Waals surface area contributed by atoms with E-state index in [1.165, 1.54) is 6.21 Å². The lowest BCUT2D eigenvalue weighted by molar-refractivity contribution is -0.120. The van der Waals surface area contributed by atoms with Crippen molar-refractivity contribution in [1.29, 1.82) is 0 Å². The van der Waals surface area contributed by atoms with Gasteiger partial charge in [0.1, 0.15) is 5.15 Å². The smallest absolute Gasteiger partial charge is 0.244 e. The SMILES string of the molecule is Cc1cccc2cc(/C=N\NC(=O)Cc3ccccc3)c(Cl)nc12. The van der Waals surface area contributed by atoms with Crippen molar-refractivity contribution in [3.63, 3.8) is 0 Å². The summed E-state index contributed by atoms with van der Waals surface area (Å²) < 4.78 is 0. The second kappa shape index (κ2) is 7.23. The number of aryl methyl sites for hydroxylation is 1. The molecule has 3 rings (SSSR count). The van der Waals surface area contributed by atoms with Gasteiger partial charge in [0, 0.05) is 10.9 Å². The molecule has 4 nitrogen and oxygen atoms in total. The number of hydrogen-bond acceptors (Lipinski definition) is 3. The fourth-order valence-corrected chi connectivity index (χ4v) is 2.61. The van der Waals surface area contributed by atoms with Crippen molar-refractivity contribution in [3.8, 4) is 0 Å². The molecule has 1 amide bonds. The van der Waals surface area contributed by atoms with Gasteiger partial charge in [-0.15, -0.1) is 0 Å². The number of nitrogens with one attached hydrogen (secondary N) is 1. The largest absolute Gasteiger partial charge is 0.273 e. The predicted octanol–water partition coefficient (Wildman–Crippen LogP) is 3.89. The Labute approximate surface area is 145 Å². The monoisotopic (exact) mass is 337 g/mol. The van der Waals surface area contributed by atoms with E-state index in [9.17, 15) is 4.79 Å². The van der Waals surface area contributed by atoms with E-state index in [1.54, 1.807) is 0 Å². The number of fused-ring (bicyclic) bond motifs is 1. The van der Waals surface area contributed by atoms with Gasteiger partial charge in [-0.2, -0.15) is 5.10 Å². The van der Waals surface area contributed by atoms with Crippen LogP contribution in [0.25, 0.3) is 10.9 Å². The fourth-order valence-electron chi connectivity index (χ4n) is 2.43. The van der Waals surface area contributed by atoms with Gasteiger partial charge in [0.15, 0.2) is 0 Å². The van der Waals surface area contributed by atoms with E-state index in [1.807, 2.05) is 61.5 Å². The zero-order valence-electron chi connectivity index (χ0n) is 13.2. The molecule has 0 unspecified atom stereocenters. The van der Waals surface area contributed by atoms with Crippen LogP contribution in [0.15, 0.2) is 59.7 Å². The minimum absolute atomic E-state index is 0.182. The molecule has 120 valence electrons. The van der Waals surface area contributed by atoms with E-state index in [0.717, 1.165) is 22.0 Å². The summed E-state index contributed by atoms with van der Waals surface area (Å²) in [5.41, 5.74) is 6.04. The predicted molar refractivity (Wildman–Crippen MR) is 97.4 cm³/mol. The van der Waals surface area contributed by atoms with Gasteiger partial charge in [-0.05, 0) is 24.1 Å². The van der Waals surface area contributed by atoms with Gasteiger partial charge in [0.05, 0.1) is 18.2 Å². The highest BCUT2D eigenvalue weighted by molar-refractivity contribution is 6.32. The zero-order valence-corrected chi connectivity index (χ0v) is 13.9. The Morgan fingerprint density at radius 1 is 1.21 bits per heavy atom. The standard InChI is InChI=1S/C19H16ClN3O/c1-13-6-5-9-15-11-16(19(20)22-18(13)15)12-21-23-17(24)10-14-7-3-2-4-8-14/h2-9,11-12H,10H2,1H3,(H,23,24)/b21-12-. The van der Waals surface area contributed by atoms with Crippen molar-refractivity contribution in [3.05, 3.63) is 76.4 Å². The minimum atomic E-state index is -0.182. The first-order chi connectivity index (χ1) is 11.6. The number of carbonyl (C=O) groups excluding carboxylic acids is 1. The van der Waals surface area contributed by atoms with Gasteiger partial charge >= 0.3 is 0 Å². The second-order valence-electron chi connectivity index (χ2n) is 5.47. The molecular weight excluding hydrogens is 322 g/mol. The molecule has 1 heterocycles. The van der Waals surface area contributed by atoms with Gasteiger partial charge in [-0.3, -0.25) is 4.79 Å². The van der Waals surface area contributed by atoms with Crippen molar-refractivity contribution in [2.75, 3.05) is 0 Å². The van der Waals surface area contributed by atoms with Crippen LogP contribution < -0.4 is 5.43 Å². The van der Waals surface area contributed by atoms with E-state index in [0.29, 0.717) is 10.7 Å². The van der Waals surface area contributed by atoms with Gasteiger partial charge in [-0.25, -0.2) is 10.4 Å². The van der Waals surface area contributed by atoms with Gasteiger partial charge in [0.25, 0.3) is 0 Å². The van der Waals surface area contributed by atoms with Crippen LogP contribution in [-0.2, 0) is 11.2 Å². The molecule has 1 aromatic heterocycles. The highest BCUT2D eigenvalue weighted by Crippen LogP contribution is 2.21. The van der Waals surface area contributed by atoms with Gasteiger partial charge < -0.3 is 0 Å². The summed E-state index contributed by atoms with van der Waals surface area (Å²) in [6, 6.07) is 17.3. The number of benzene rings is 2. The number of pyridine rings is 1. The Balaban J connectivity index is 1.71. The van der Waals surface area contributed by atoms with Gasteiger partial charge in [0.2, 0.25) is 5.91 Å². The number of para-hydroxylation sites is 1. The van der Waals surface area contributed by atoms with E-state index in [2.05, 4.69) is 15.5 Å². The third-order valence-electron chi connectivity index (χ3n) is 3.63. The lowest BCUT2D eigenvalue weighted by Crippen LogP contribution is -2.19. The normalized spacial score (nSPS) is 11.1. The Morgan fingerprint density at radius 3 is 2.79 bits per heavy atom. The van der Waals surface area contributed by atoms with Crippen LogP contribution in [0.2, 0.25) is 5.15 Å². The first kappa shape index (κ1) is 16.1. The fraction of sp³-hybridized carbons (Fsp3) is 0.105. The van der Waals surface area contributed by atoms with Crippen LogP contribution in [0.4, 0.5) is 0 Å². The van der Waals surface area contributed by atoms with E-state index in [-0.39, 0.29) is 12.3 Å². The molecule has 0 fully saturated rings. The lowest BCUT2D eigenvalue weighted by atomic mass is 10.1. The number of nitrogens with zero attached hydrogens (tertiary/aromatic N) is 2. The summed E-state index contributed by atoms with van der Waals surface area (Å²) in [7, 11) is 0. The molecule has 0 aliphatic carbocycles. The summed E-state index contributed by atoms with van der Waals surface area (Å²) in [6.45, 7) is 1.99. The molecule has 5 heteroatoms. The van der Waals surface area contributed by atoms with Crippen LogP contribution in [0.3, 0.4) is 0 Å². The molecule has 0 atom stereocenters. The second-order valence-corrected chi connectivity index (χ2v) is 5.83. The number of carbonyl (C=O) groups is 1. The Kier molecular flexibility index (Phi) is 4.87. The van der Waals surface area contributed by atoms with E-state index in [4.69, 9.17) is 11.6 Å². The van der Waals surface area contributed by atoms with Crippen LogP contribution >= 0.6 is 11.6 Å². The highest BCUT2D eigenvalue weighted by Gasteiger charge is 2.05. The first-order valence-electron chi connectivity index (χ1n) is 7.55. The zero-order chi connectivity index (χ0) is 16.9. The molecule has 0 spiro atoms. The molecule has 0 aliphatic heterocycles. The van der Waals surface area contributed by atoms with Crippen LogP contribution in [-0.4, -0.2) is 17.1 Å². The van der Waals surface area contributed by atoms with Crippen molar-refractivity contribution in [2.45, 2.75) is 13.3 Å². The number of halogens is 1. The maximum absolute atomic E-state index is 11.9. The number of rotatable bonds is 4. The summed E-state index contributed by atoms with van der Waals surface area (Å²) >= 11 is 6.21. The number of hydrazone groups is 1. The highest BCUT2D eigenvalue weighted by atomic mass is 35.5. The van der Waals surface area contributed by atoms with E-state index >= 15 is 0 Å². The average Bonchev–Trinajstić information content (AvgIpc) is 2.57. The quantitative estimate of drug-likeness (QED) is 0.446. The molecule has 3 aromatic rings. The van der Waals surface area contributed by atoms with Crippen molar-refractivity contribution < 1.29 is 4.79 Å². The summed E-state index contributed by atoms with van der Waals surface area (Å²) in [5.74, 6) is -0.182. The third kappa shape index (κ3) is 3.78.